The highest BCUT2D eigenvalue weighted by Crippen LogP contribution is 2.30. The van der Waals surface area contributed by atoms with Gasteiger partial charge in [-0.2, -0.15) is 0 Å². The Morgan fingerprint density at radius 1 is 0.926 bits per heavy atom. The monoisotopic (exact) mass is 387 g/mol. The second-order valence-electron chi connectivity index (χ2n) is 7.50. The molecule has 0 radical (unpaired) electrons. The molecule has 0 aromatic carbocycles. The molecule has 0 saturated carbocycles. The van der Waals surface area contributed by atoms with Crippen molar-refractivity contribution >= 4 is 12.2 Å². The summed E-state index contributed by atoms with van der Waals surface area (Å²) < 4.78 is 0. The topological polar surface area (TPSA) is 79.9 Å². The molecule has 0 aliphatic rings. The van der Waals surface area contributed by atoms with Gasteiger partial charge in [0.2, 0.25) is 0 Å². The minimum atomic E-state index is -0.657. The first kappa shape index (κ1) is 25.5. The number of carbonyl (C=O) groups is 2. The van der Waals surface area contributed by atoms with Gasteiger partial charge < -0.3 is 20.3 Å². The molecule has 2 amide bonds. The Labute approximate surface area is 165 Å². The van der Waals surface area contributed by atoms with Gasteiger partial charge in [-0.25, -0.2) is 9.59 Å². The Morgan fingerprint density at radius 2 is 1.52 bits per heavy atom. The van der Waals surface area contributed by atoms with Crippen molar-refractivity contribution in [1.82, 2.24) is 15.9 Å². The Balaban J connectivity index is 5.16. The Morgan fingerprint density at radius 3 is 2.00 bits per heavy atom. The summed E-state index contributed by atoms with van der Waals surface area (Å²) in [7, 11) is 0. The summed E-state index contributed by atoms with van der Waals surface area (Å²) >= 11 is 0. The van der Waals surface area contributed by atoms with Crippen molar-refractivity contribution in [2.75, 3.05) is 6.54 Å². The average Bonchev–Trinajstić information content (AvgIpc) is 2.61. The minimum Gasteiger partial charge on any atom is -0.320 e. The zero-order valence-corrected chi connectivity index (χ0v) is 18.4. The van der Waals surface area contributed by atoms with E-state index in [9.17, 15) is 9.59 Å². The maximum Gasteiger partial charge on any atom is 0.429 e. The predicted molar refractivity (Wildman–Crippen MR) is 108 cm³/mol. The van der Waals surface area contributed by atoms with Crippen LogP contribution in [0.3, 0.4) is 0 Å². The van der Waals surface area contributed by atoms with Crippen molar-refractivity contribution in [2.24, 2.45) is 5.92 Å². The van der Waals surface area contributed by atoms with E-state index in [4.69, 9.17) is 9.68 Å². The number of carbonyl (C=O) groups excluding carboxylic acids is 2. The first-order valence-corrected chi connectivity index (χ1v) is 10.5. The van der Waals surface area contributed by atoms with Gasteiger partial charge in [-0.05, 0) is 39.0 Å². The number of nitrogens with zero attached hydrogens (tertiary/aromatic N) is 1. The summed E-state index contributed by atoms with van der Waals surface area (Å²) in [6.07, 6.45) is 5.03. The van der Waals surface area contributed by atoms with Crippen LogP contribution in [-0.4, -0.2) is 35.5 Å². The number of amides is 2. The van der Waals surface area contributed by atoms with Gasteiger partial charge in [0.1, 0.15) is 0 Å². The molecule has 0 aliphatic heterocycles. The zero-order chi connectivity index (χ0) is 20.9. The van der Waals surface area contributed by atoms with E-state index in [0.29, 0.717) is 6.54 Å². The normalized spacial score (nSPS) is 12.8. The highest BCUT2D eigenvalue weighted by Gasteiger charge is 2.40. The molecule has 0 rings (SSSR count). The van der Waals surface area contributed by atoms with Crippen LogP contribution < -0.4 is 10.6 Å². The molecule has 160 valence electrons. The molecule has 7 heteroatoms. The summed E-state index contributed by atoms with van der Waals surface area (Å²) in [4.78, 5) is 35.4. The first-order valence-electron chi connectivity index (χ1n) is 10.5. The van der Waals surface area contributed by atoms with Crippen molar-refractivity contribution in [1.29, 1.82) is 0 Å². The van der Waals surface area contributed by atoms with Crippen molar-refractivity contribution in [3.05, 3.63) is 0 Å². The minimum absolute atomic E-state index is 0.0407. The fraction of sp³-hybridized carbons (Fsp3) is 0.900. The fourth-order valence-electron chi connectivity index (χ4n) is 3.16. The quantitative estimate of drug-likeness (QED) is 0.337. The number of unbranched alkanes of at least 4 members (excludes halogenated alkanes) is 1. The van der Waals surface area contributed by atoms with Crippen LogP contribution in [0.25, 0.3) is 0 Å². The van der Waals surface area contributed by atoms with E-state index in [-0.39, 0.29) is 12.0 Å². The lowest BCUT2D eigenvalue weighted by molar-refractivity contribution is -0.354. The molecule has 0 aliphatic carbocycles. The van der Waals surface area contributed by atoms with E-state index in [0.717, 1.165) is 50.2 Å². The second kappa shape index (κ2) is 13.6. The lowest BCUT2D eigenvalue weighted by atomic mass is 9.84. The highest BCUT2D eigenvalue weighted by atomic mass is 17.0. The van der Waals surface area contributed by atoms with Crippen LogP contribution in [0.2, 0.25) is 0 Å². The SMILES string of the molecule is CCCCNC(=O)ON(OC(=O)NC(CC)CCC)C(C)(C)C(CC)CC. The van der Waals surface area contributed by atoms with Gasteiger partial charge in [0, 0.05) is 17.8 Å². The van der Waals surface area contributed by atoms with Crippen LogP contribution in [-0.2, 0) is 9.68 Å². The predicted octanol–water partition coefficient (Wildman–Crippen LogP) is 5.16. The molecule has 0 saturated heterocycles. The third kappa shape index (κ3) is 9.31. The molecular formula is C20H41N3O4. The van der Waals surface area contributed by atoms with Crippen molar-refractivity contribution in [2.45, 2.75) is 105 Å². The van der Waals surface area contributed by atoms with Gasteiger partial charge in [0.15, 0.2) is 0 Å². The molecule has 2 N–H and O–H groups in total. The summed E-state index contributed by atoms with van der Waals surface area (Å²) in [5.74, 6) is 0.186. The summed E-state index contributed by atoms with van der Waals surface area (Å²) in [5.41, 5.74) is -0.657. The average molecular weight is 388 g/mol. The maximum atomic E-state index is 12.4. The van der Waals surface area contributed by atoms with Gasteiger partial charge in [-0.3, -0.25) is 0 Å². The fourth-order valence-corrected chi connectivity index (χ4v) is 3.16. The summed E-state index contributed by atoms with van der Waals surface area (Å²) in [6.45, 7) is 14.6. The molecule has 0 aromatic heterocycles. The highest BCUT2D eigenvalue weighted by molar-refractivity contribution is 5.68. The van der Waals surface area contributed by atoms with Gasteiger partial charge in [0.05, 0.1) is 5.54 Å². The van der Waals surface area contributed by atoms with Crippen LogP contribution in [0.5, 0.6) is 0 Å². The van der Waals surface area contributed by atoms with E-state index < -0.39 is 17.7 Å². The second-order valence-corrected chi connectivity index (χ2v) is 7.50. The molecular weight excluding hydrogens is 346 g/mol. The summed E-state index contributed by atoms with van der Waals surface area (Å²) in [5, 5.41) is 6.62. The number of hydrogen-bond acceptors (Lipinski definition) is 5. The van der Waals surface area contributed by atoms with Gasteiger partial charge >= 0.3 is 12.2 Å². The molecule has 0 spiro atoms. The molecule has 0 aromatic rings. The lowest BCUT2D eigenvalue weighted by Crippen LogP contribution is -2.53. The summed E-state index contributed by atoms with van der Waals surface area (Å²) in [6, 6.07) is 0.0407. The first-order chi connectivity index (χ1) is 12.8. The third-order valence-electron chi connectivity index (χ3n) is 5.04. The number of hydroxylamine groups is 2. The van der Waals surface area contributed by atoms with Gasteiger partial charge in [0.25, 0.3) is 0 Å². The van der Waals surface area contributed by atoms with Crippen molar-refractivity contribution < 1.29 is 19.3 Å². The molecule has 0 bridgehead atoms. The van der Waals surface area contributed by atoms with Crippen LogP contribution in [0.4, 0.5) is 9.59 Å². The largest absolute Gasteiger partial charge is 0.429 e. The lowest BCUT2D eigenvalue weighted by Gasteiger charge is -2.39. The third-order valence-corrected chi connectivity index (χ3v) is 5.04. The molecule has 0 fully saturated rings. The molecule has 27 heavy (non-hydrogen) atoms. The number of hydrogen-bond donors (Lipinski definition) is 2. The van der Waals surface area contributed by atoms with Crippen LogP contribution in [0.1, 0.15) is 93.4 Å². The van der Waals surface area contributed by atoms with E-state index in [1.54, 1.807) is 0 Å². The molecule has 7 nitrogen and oxygen atoms in total. The standard InChI is InChI=1S/C20H41N3O4/c1-8-13-15-21-18(24)26-23(20(6,7)16(10-3)11-4)27-19(25)22-17(12-5)14-9-2/h16-17H,8-15H2,1-7H3,(H,21,24)(H,22,25). The molecule has 1 unspecified atom stereocenters. The number of nitrogens with one attached hydrogen (secondary N) is 2. The van der Waals surface area contributed by atoms with E-state index in [2.05, 4.69) is 31.4 Å². The smallest absolute Gasteiger partial charge is 0.320 e. The number of rotatable bonds is 13. The maximum absolute atomic E-state index is 12.4. The van der Waals surface area contributed by atoms with Crippen molar-refractivity contribution in [3.8, 4) is 0 Å². The van der Waals surface area contributed by atoms with Gasteiger partial charge in [-0.1, -0.05) is 60.3 Å². The van der Waals surface area contributed by atoms with Crippen LogP contribution in [0.15, 0.2) is 0 Å². The zero-order valence-electron chi connectivity index (χ0n) is 18.4. The van der Waals surface area contributed by atoms with E-state index in [1.807, 2.05) is 27.7 Å². The van der Waals surface area contributed by atoms with E-state index in [1.165, 1.54) is 0 Å². The van der Waals surface area contributed by atoms with Crippen molar-refractivity contribution in [3.63, 3.8) is 0 Å². The Bertz CT molecular complexity index is 425. The molecule has 1 atom stereocenters. The van der Waals surface area contributed by atoms with E-state index >= 15 is 0 Å². The Hall–Kier alpha value is -1.50. The van der Waals surface area contributed by atoms with Gasteiger partial charge in [-0.15, -0.1) is 0 Å². The molecule has 0 heterocycles. The van der Waals surface area contributed by atoms with Crippen LogP contribution >= 0.6 is 0 Å². The van der Waals surface area contributed by atoms with Crippen LogP contribution in [0, 0.1) is 5.92 Å². The Kier molecular flexibility index (Phi) is 12.9.